The highest BCUT2D eigenvalue weighted by Gasteiger charge is 2.15. The van der Waals surface area contributed by atoms with Crippen molar-refractivity contribution < 1.29 is 4.79 Å². The summed E-state index contributed by atoms with van der Waals surface area (Å²) >= 11 is 0. The molecule has 0 unspecified atom stereocenters. The molecule has 4 nitrogen and oxygen atoms in total. The van der Waals surface area contributed by atoms with Gasteiger partial charge in [0.25, 0.3) is 5.43 Å². The lowest BCUT2D eigenvalue weighted by atomic mass is 10.0. The van der Waals surface area contributed by atoms with Crippen molar-refractivity contribution >= 4 is 16.6 Å². The minimum Gasteiger partial charge on any atom is -0.300 e. The van der Waals surface area contributed by atoms with Crippen LogP contribution in [0.3, 0.4) is 0 Å². The Morgan fingerprint density at radius 2 is 1.75 bits per heavy atom. The van der Waals surface area contributed by atoms with Crippen LogP contribution < -0.4 is 16.3 Å². The second-order valence-corrected chi connectivity index (χ2v) is 3.71. The number of fused-ring (bicyclic) bond motifs is 1. The van der Waals surface area contributed by atoms with Crippen LogP contribution in [0.2, 0.25) is 0 Å². The molecular weight excluding hydrogens is 208 g/mol. The number of benzene rings is 1. The summed E-state index contributed by atoms with van der Waals surface area (Å²) in [6.07, 6.45) is 0.0650. The molecule has 0 aliphatic rings. The first-order valence-electron chi connectivity index (χ1n) is 4.77. The van der Waals surface area contributed by atoms with Gasteiger partial charge >= 0.3 is 0 Å². The molecule has 0 bridgehead atoms. The molecule has 0 spiro atoms. The fourth-order valence-corrected chi connectivity index (χ4v) is 1.81. The van der Waals surface area contributed by atoms with Gasteiger partial charge in [-0.2, -0.15) is 0 Å². The molecule has 2 aromatic carbocycles. The molecule has 0 heterocycles. The summed E-state index contributed by atoms with van der Waals surface area (Å²) in [6, 6.07) is 4.59. The summed E-state index contributed by atoms with van der Waals surface area (Å²) in [6.45, 7) is 1.39. The van der Waals surface area contributed by atoms with E-state index < -0.39 is 16.3 Å². The Hall–Kier alpha value is -2.10. The molecule has 0 aliphatic carbocycles. The van der Waals surface area contributed by atoms with E-state index in [-0.39, 0.29) is 23.0 Å². The predicted molar refractivity (Wildman–Crippen MR) is 59.5 cm³/mol. The predicted octanol–water partition coefficient (Wildman–Crippen LogP) is -0.0725. The summed E-state index contributed by atoms with van der Waals surface area (Å²) in [7, 11) is 0. The van der Waals surface area contributed by atoms with E-state index in [1.54, 1.807) is 12.1 Å². The van der Waals surface area contributed by atoms with Crippen LogP contribution in [0.25, 0.3) is 10.8 Å². The molecule has 0 aromatic heterocycles. The van der Waals surface area contributed by atoms with Gasteiger partial charge in [0.2, 0.25) is 10.9 Å². The van der Waals surface area contributed by atoms with E-state index in [1.165, 1.54) is 13.0 Å². The van der Waals surface area contributed by atoms with Crippen LogP contribution in [-0.4, -0.2) is 5.78 Å². The molecule has 0 atom stereocenters. The van der Waals surface area contributed by atoms with Crippen LogP contribution in [0.4, 0.5) is 0 Å². The molecular formula is C12H8O4. The Kier molecular flexibility index (Phi) is 2.27. The Labute approximate surface area is 89.8 Å². The van der Waals surface area contributed by atoms with Crippen LogP contribution in [0.1, 0.15) is 12.5 Å². The minimum absolute atomic E-state index is 0.0650. The van der Waals surface area contributed by atoms with E-state index in [1.807, 2.05) is 0 Å². The normalized spacial score (nSPS) is 10.8. The van der Waals surface area contributed by atoms with Gasteiger partial charge in [0, 0.05) is 17.2 Å². The fourth-order valence-electron chi connectivity index (χ4n) is 1.81. The van der Waals surface area contributed by atoms with Crippen molar-refractivity contribution in [2.75, 3.05) is 0 Å². The zero-order valence-electron chi connectivity index (χ0n) is 8.57. The summed E-state index contributed by atoms with van der Waals surface area (Å²) < 4.78 is 0. The summed E-state index contributed by atoms with van der Waals surface area (Å²) in [4.78, 5) is 45.1. The van der Waals surface area contributed by atoms with Crippen molar-refractivity contribution in [2.24, 2.45) is 0 Å². The Morgan fingerprint density at radius 1 is 1.06 bits per heavy atom. The summed E-state index contributed by atoms with van der Waals surface area (Å²) in [5.41, 5.74) is -2.12. The third-order valence-electron chi connectivity index (χ3n) is 2.47. The van der Waals surface area contributed by atoms with Gasteiger partial charge in [-0.1, -0.05) is 18.2 Å². The van der Waals surface area contributed by atoms with Gasteiger partial charge in [0.05, 0.1) is 0 Å². The number of hydrogen-bond acceptors (Lipinski definition) is 4. The average molecular weight is 216 g/mol. The molecule has 0 amide bonds. The van der Waals surface area contributed by atoms with Gasteiger partial charge in [-0.15, -0.1) is 0 Å². The van der Waals surface area contributed by atoms with Crippen LogP contribution in [0, 0.1) is 0 Å². The average Bonchev–Trinajstić information content (AvgIpc) is 2.44. The number of Topliss-reactive ketones (excluding diaryl/α,β-unsaturated/α-hetero) is 1. The van der Waals surface area contributed by atoms with Crippen molar-refractivity contribution in [1.29, 1.82) is 0 Å². The molecule has 0 radical (unpaired) electrons. The van der Waals surface area contributed by atoms with Gasteiger partial charge in [-0.25, -0.2) is 0 Å². The van der Waals surface area contributed by atoms with Crippen LogP contribution >= 0.6 is 0 Å². The van der Waals surface area contributed by atoms with Gasteiger partial charge in [-0.3, -0.25) is 19.2 Å². The Bertz CT molecular complexity index is 718. The van der Waals surface area contributed by atoms with Crippen LogP contribution in [0.5, 0.6) is 0 Å². The Balaban J connectivity index is 2.93. The topological polar surface area (TPSA) is 68.3 Å². The summed E-state index contributed by atoms with van der Waals surface area (Å²) in [5.74, 6) is -0.118. The Morgan fingerprint density at radius 3 is 2.38 bits per heavy atom. The highest BCUT2D eigenvalue weighted by molar-refractivity contribution is 5.90. The highest BCUT2D eigenvalue weighted by atomic mass is 16.2. The first kappa shape index (κ1) is 10.4. The van der Waals surface area contributed by atoms with E-state index in [9.17, 15) is 19.2 Å². The van der Waals surface area contributed by atoms with E-state index in [0.29, 0.717) is 5.56 Å². The zero-order chi connectivity index (χ0) is 11.9. The van der Waals surface area contributed by atoms with Gasteiger partial charge in [-0.05, 0) is 12.5 Å². The van der Waals surface area contributed by atoms with Crippen LogP contribution in [0.15, 0.2) is 32.6 Å². The summed E-state index contributed by atoms with van der Waals surface area (Å²) in [5, 5.41) is 0.224. The maximum Gasteiger partial charge on any atom is 0.273 e. The fraction of sp³-hybridized carbons (Fsp3) is 0.167. The molecule has 16 heavy (non-hydrogen) atoms. The molecule has 80 valence electrons. The molecule has 2 rings (SSSR count). The van der Waals surface area contributed by atoms with Crippen molar-refractivity contribution in [2.45, 2.75) is 13.3 Å². The SMILES string of the molecule is CC(=O)Cc1cccc2c(=O)c(=O)c(=O)c12. The quantitative estimate of drug-likeness (QED) is 0.659. The van der Waals surface area contributed by atoms with Crippen molar-refractivity contribution in [1.82, 2.24) is 0 Å². The monoisotopic (exact) mass is 216 g/mol. The largest absolute Gasteiger partial charge is 0.300 e. The lowest BCUT2D eigenvalue weighted by molar-refractivity contribution is -0.116. The van der Waals surface area contributed by atoms with E-state index in [4.69, 9.17) is 0 Å². The lowest BCUT2D eigenvalue weighted by Crippen LogP contribution is -2.29. The third-order valence-corrected chi connectivity index (χ3v) is 2.47. The highest BCUT2D eigenvalue weighted by Crippen LogP contribution is 2.12. The van der Waals surface area contributed by atoms with E-state index >= 15 is 0 Å². The number of ketones is 1. The van der Waals surface area contributed by atoms with Gasteiger partial charge in [0.1, 0.15) is 5.78 Å². The minimum atomic E-state index is -1.01. The number of carbonyl (C=O) groups excluding carboxylic acids is 1. The third kappa shape index (κ3) is 1.39. The molecule has 0 N–H and O–H groups in total. The first-order valence-corrected chi connectivity index (χ1v) is 4.77. The molecule has 0 aliphatic heterocycles. The van der Waals surface area contributed by atoms with Crippen molar-refractivity contribution in [3.8, 4) is 0 Å². The second kappa shape index (κ2) is 3.48. The molecule has 0 saturated carbocycles. The molecule has 0 fully saturated rings. The number of carbonyl (C=O) groups is 1. The maximum absolute atomic E-state index is 11.5. The van der Waals surface area contributed by atoms with Crippen molar-refractivity contribution in [3.63, 3.8) is 0 Å². The maximum atomic E-state index is 11.5. The van der Waals surface area contributed by atoms with Gasteiger partial charge in [0.15, 0.2) is 0 Å². The first-order chi connectivity index (χ1) is 7.52. The number of rotatable bonds is 2. The molecule has 2 aromatic rings. The lowest BCUT2D eigenvalue weighted by Gasteiger charge is -1.98. The van der Waals surface area contributed by atoms with E-state index in [2.05, 4.69) is 0 Å². The standard InChI is InChI=1S/C12H8O4/c1-6(13)5-7-3-2-4-8-9(7)11(15)12(16)10(8)14/h2-4H,5H2,1H3. The van der Waals surface area contributed by atoms with E-state index in [0.717, 1.165) is 0 Å². The van der Waals surface area contributed by atoms with Crippen molar-refractivity contribution in [3.05, 3.63) is 54.4 Å². The molecule has 0 saturated heterocycles. The molecule has 4 heteroatoms. The second-order valence-electron chi connectivity index (χ2n) is 3.71. The zero-order valence-corrected chi connectivity index (χ0v) is 8.57. The van der Waals surface area contributed by atoms with Crippen LogP contribution in [-0.2, 0) is 11.2 Å². The number of hydrogen-bond donors (Lipinski definition) is 0. The van der Waals surface area contributed by atoms with Gasteiger partial charge < -0.3 is 0 Å². The smallest absolute Gasteiger partial charge is 0.273 e.